The maximum atomic E-state index is 12.5. The lowest BCUT2D eigenvalue weighted by atomic mass is 10.1. The van der Waals surface area contributed by atoms with Crippen LogP contribution in [0.4, 0.5) is 0 Å². The van der Waals surface area contributed by atoms with E-state index in [0.717, 1.165) is 30.7 Å². The highest BCUT2D eigenvalue weighted by Gasteiger charge is 2.19. The molecule has 194 valence electrons. The topological polar surface area (TPSA) is 152 Å². The first kappa shape index (κ1) is 27.3. The molecule has 0 spiro atoms. The predicted molar refractivity (Wildman–Crippen MR) is 135 cm³/mol. The Kier molecular flexibility index (Phi) is 9.33. The monoisotopic (exact) mass is 525 g/mol. The summed E-state index contributed by atoms with van der Waals surface area (Å²) < 4.78 is 32.6. The number of benzene rings is 2. The number of aromatic carboxylic acids is 1. The van der Waals surface area contributed by atoms with Gasteiger partial charge in [0.05, 0.1) is 17.1 Å². The van der Waals surface area contributed by atoms with Crippen molar-refractivity contribution in [2.24, 2.45) is 0 Å². The number of carbonyl (C=O) groups excluding carboxylic acids is 2. The maximum Gasteiger partial charge on any atom is 0.354 e. The van der Waals surface area contributed by atoms with Crippen LogP contribution < -0.4 is 14.8 Å². The fraction of sp³-hybridized carbons (Fsp3) is 0.231. The van der Waals surface area contributed by atoms with Gasteiger partial charge in [0.15, 0.2) is 0 Å². The van der Waals surface area contributed by atoms with E-state index >= 15 is 0 Å². The van der Waals surface area contributed by atoms with Gasteiger partial charge in [-0.15, -0.1) is 0 Å². The average Bonchev–Trinajstić information content (AvgIpc) is 2.89. The van der Waals surface area contributed by atoms with Crippen LogP contribution in [0.5, 0.6) is 5.75 Å². The number of nitrogens with zero attached hydrogens (tertiary/aromatic N) is 1. The molecule has 3 N–H and O–H groups in total. The molecular weight excluding hydrogens is 498 g/mol. The van der Waals surface area contributed by atoms with E-state index in [1.165, 1.54) is 18.2 Å². The van der Waals surface area contributed by atoms with E-state index in [1.807, 2.05) is 4.72 Å². The van der Waals surface area contributed by atoms with E-state index in [-0.39, 0.29) is 22.1 Å². The van der Waals surface area contributed by atoms with Crippen LogP contribution in [0.3, 0.4) is 0 Å². The van der Waals surface area contributed by atoms with E-state index in [4.69, 9.17) is 9.84 Å². The summed E-state index contributed by atoms with van der Waals surface area (Å²) >= 11 is 0. The second-order valence-corrected chi connectivity index (χ2v) is 9.73. The smallest absolute Gasteiger partial charge is 0.354 e. The van der Waals surface area contributed by atoms with Crippen molar-refractivity contribution < 1.29 is 32.6 Å². The number of rotatable bonds is 12. The molecule has 2 aromatic carbocycles. The van der Waals surface area contributed by atoms with Gasteiger partial charge in [0.2, 0.25) is 0 Å². The molecule has 0 fully saturated rings. The van der Waals surface area contributed by atoms with Crippen molar-refractivity contribution in [3.8, 4) is 5.75 Å². The molecular formula is C26H27N3O7S. The number of pyridine rings is 1. The Bertz CT molecular complexity index is 1340. The SMILES string of the molecule is CCCCOc1ccc(C(=O)NCCc2ccc(S(=O)(=O)NC(=O)c3ccc(C(=O)O)nc3)cc2)cc1. The molecule has 10 nitrogen and oxygen atoms in total. The number of sulfonamides is 1. The molecule has 0 saturated heterocycles. The summed E-state index contributed by atoms with van der Waals surface area (Å²) in [7, 11) is -4.16. The van der Waals surface area contributed by atoms with Gasteiger partial charge < -0.3 is 15.2 Å². The van der Waals surface area contributed by atoms with Crippen molar-refractivity contribution in [2.75, 3.05) is 13.2 Å². The van der Waals surface area contributed by atoms with Crippen molar-refractivity contribution >= 4 is 27.8 Å². The van der Waals surface area contributed by atoms with Crippen LogP contribution in [0.15, 0.2) is 71.8 Å². The molecule has 0 unspecified atom stereocenters. The zero-order chi connectivity index (χ0) is 26.8. The van der Waals surface area contributed by atoms with Crippen LogP contribution in [0.25, 0.3) is 0 Å². The molecule has 0 atom stereocenters. The maximum absolute atomic E-state index is 12.5. The summed E-state index contributed by atoms with van der Waals surface area (Å²) in [6.45, 7) is 3.06. The van der Waals surface area contributed by atoms with Crippen LogP contribution in [0.2, 0.25) is 0 Å². The lowest BCUT2D eigenvalue weighted by Crippen LogP contribution is -2.30. The minimum Gasteiger partial charge on any atom is -0.494 e. The standard InChI is InChI=1S/C26H27N3O7S/c1-2-3-16-36-21-9-6-19(7-10-21)24(30)27-15-14-18-4-11-22(12-5-18)37(34,35)29-25(31)20-8-13-23(26(32)33)28-17-20/h4-13,17H,2-3,14-16H2,1H3,(H,27,30)(H,29,31)(H,32,33). The third-order valence-electron chi connectivity index (χ3n) is 5.29. The molecule has 0 aliphatic rings. The van der Waals surface area contributed by atoms with Gasteiger partial charge in [-0.2, -0.15) is 0 Å². The van der Waals surface area contributed by atoms with Crippen molar-refractivity contribution in [1.82, 2.24) is 15.0 Å². The molecule has 3 aromatic rings. The molecule has 37 heavy (non-hydrogen) atoms. The second-order valence-electron chi connectivity index (χ2n) is 8.05. The van der Waals surface area contributed by atoms with Crippen LogP contribution in [-0.2, 0) is 16.4 Å². The zero-order valence-corrected chi connectivity index (χ0v) is 21.0. The van der Waals surface area contributed by atoms with E-state index < -0.39 is 21.9 Å². The first-order chi connectivity index (χ1) is 17.7. The minimum atomic E-state index is -4.16. The Morgan fingerprint density at radius 3 is 2.19 bits per heavy atom. The van der Waals surface area contributed by atoms with Crippen LogP contribution >= 0.6 is 0 Å². The van der Waals surface area contributed by atoms with Gasteiger partial charge in [0, 0.05) is 18.3 Å². The molecule has 0 saturated carbocycles. The van der Waals surface area contributed by atoms with Crippen LogP contribution in [-0.4, -0.2) is 49.4 Å². The molecule has 1 aromatic heterocycles. The lowest BCUT2D eigenvalue weighted by Gasteiger charge is -2.09. The van der Waals surface area contributed by atoms with E-state index in [9.17, 15) is 22.8 Å². The summed E-state index contributed by atoms with van der Waals surface area (Å²) in [5.74, 6) is -1.71. The Morgan fingerprint density at radius 2 is 1.59 bits per heavy atom. The third-order valence-corrected chi connectivity index (χ3v) is 6.63. The number of nitrogens with one attached hydrogen (secondary N) is 2. The molecule has 11 heteroatoms. The van der Waals surface area contributed by atoms with Crippen molar-refractivity contribution in [3.63, 3.8) is 0 Å². The van der Waals surface area contributed by atoms with Gasteiger partial charge in [-0.1, -0.05) is 25.5 Å². The van der Waals surface area contributed by atoms with Crippen molar-refractivity contribution in [1.29, 1.82) is 0 Å². The number of amides is 2. The predicted octanol–water partition coefficient (Wildman–Crippen LogP) is 3.05. The van der Waals surface area contributed by atoms with Gasteiger partial charge >= 0.3 is 5.97 Å². The van der Waals surface area contributed by atoms with Gasteiger partial charge in [0.25, 0.3) is 21.8 Å². The van der Waals surface area contributed by atoms with Gasteiger partial charge in [-0.25, -0.2) is 22.9 Å². The molecule has 2 amide bonds. The molecule has 3 rings (SSSR count). The summed E-state index contributed by atoms with van der Waals surface area (Å²) in [6.07, 6.45) is 3.46. The zero-order valence-electron chi connectivity index (χ0n) is 20.1. The Balaban J connectivity index is 1.50. The molecule has 0 bridgehead atoms. The molecule has 0 aliphatic carbocycles. The van der Waals surface area contributed by atoms with Crippen LogP contribution in [0.1, 0.15) is 56.5 Å². The normalized spacial score (nSPS) is 10.9. The quantitative estimate of drug-likeness (QED) is 0.305. The summed E-state index contributed by atoms with van der Waals surface area (Å²) in [5.41, 5.74) is 0.933. The summed E-state index contributed by atoms with van der Waals surface area (Å²) in [5, 5.41) is 11.7. The van der Waals surface area contributed by atoms with E-state index in [2.05, 4.69) is 17.2 Å². The fourth-order valence-electron chi connectivity index (χ4n) is 3.19. The highest BCUT2D eigenvalue weighted by atomic mass is 32.2. The van der Waals surface area contributed by atoms with Crippen molar-refractivity contribution in [2.45, 2.75) is 31.1 Å². The first-order valence-electron chi connectivity index (χ1n) is 11.6. The largest absolute Gasteiger partial charge is 0.494 e. The minimum absolute atomic E-state index is 0.0976. The summed E-state index contributed by atoms with van der Waals surface area (Å²) in [4.78, 5) is 38.9. The number of hydrogen-bond donors (Lipinski definition) is 3. The van der Waals surface area contributed by atoms with Gasteiger partial charge in [0.1, 0.15) is 11.4 Å². The Morgan fingerprint density at radius 1 is 0.919 bits per heavy atom. The lowest BCUT2D eigenvalue weighted by molar-refractivity contribution is 0.0689. The summed E-state index contributed by atoms with van der Waals surface area (Å²) in [6, 6.07) is 15.1. The fourth-order valence-corrected chi connectivity index (χ4v) is 4.16. The van der Waals surface area contributed by atoms with Crippen molar-refractivity contribution in [3.05, 3.63) is 89.2 Å². The first-order valence-corrected chi connectivity index (χ1v) is 13.0. The highest BCUT2D eigenvalue weighted by Crippen LogP contribution is 2.14. The highest BCUT2D eigenvalue weighted by molar-refractivity contribution is 7.90. The number of hydrogen-bond acceptors (Lipinski definition) is 7. The number of carboxylic acid groups (broad SMARTS) is 1. The Labute approximate surface area is 214 Å². The number of carbonyl (C=O) groups is 3. The number of aromatic nitrogens is 1. The average molecular weight is 526 g/mol. The Hall–Kier alpha value is -4.25. The van der Waals surface area contributed by atoms with Crippen LogP contribution in [0, 0.1) is 0 Å². The third kappa shape index (κ3) is 7.87. The number of ether oxygens (including phenoxy) is 1. The molecule has 0 radical (unpaired) electrons. The second kappa shape index (κ2) is 12.6. The van der Waals surface area contributed by atoms with E-state index in [0.29, 0.717) is 30.9 Å². The van der Waals surface area contributed by atoms with E-state index in [1.54, 1.807) is 36.4 Å². The number of carboxylic acids is 1. The molecule has 0 aliphatic heterocycles. The van der Waals surface area contributed by atoms with Gasteiger partial charge in [-0.05, 0) is 66.9 Å². The number of unbranched alkanes of at least 4 members (excludes halogenated alkanes) is 1. The molecule has 1 heterocycles. The van der Waals surface area contributed by atoms with Gasteiger partial charge in [-0.3, -0.25) is 9.59 Å².